The zero-order chi connectivity index (χ0) is 26.5. The van der Waals surface area contributed by atoms with E-state index in [1.54, 1.807) is 22.9 Å². The van der Waals surface area contributed by atoms with Gasteiger partial charge in [0.25, 0.3) is 11.6 Å². The molecule has 0 unspecified atom stereocenters. The molecule has 0 saturated carbocycles. The summed E-state index contributed by atoms with van der Waals surface area (Å²) in [5, 5.41) is 15.8. The summed E-state index contributed by atoms with van der Waals surface area (Å²) in [4.78, 5) is 28.6. The van der Waals surface area contributed by atoms with Crippen LogP contribution in [-0.2, 0) is 0 Å². The number of nitro groups is 1. The molecule has 1 aliphatic heterocycles. The van der Waals surface area contributed by atoms with E-state index in [0.29, 0.717) is 30.0 Å². The largest absolute Gasteiger partial charge is 0.335 e. The average Bonchev–Trinajstić information content (AvgIpc) is 3.39. The first-order valence-electron chi connectivity index (χ1n) is 12.6. The van der Waals surface area contributed by atoms with Gasteiger partial charge in [-0.25, -0.2) is 4.68 Å². The van der Waals surface area contributed by atoms with Crippen molar-refractivity contribution in [1.82, 2.24) is 19.6 Å². The summed E-state index contributed by atoms with van der Waals surface area (Å²) in [7, 11) is 0. The molecule has 1 aromatic heterocycles. The fraction of sp³-hybridized carbons (Fsp3) is 0.200. The van der Waals surface area contributed by atoms with Gasteiger partial charge >= 0.3 is 0 Å². The minimum absolute atomic E-state index is 0.0136. The van der Waals surface area contributed by atoms with Crippen LogP contribution in [0.4, 0.5) is 5.69 Å². The van der Waals surface area contributed by atoms with Gasteiger partial charge in [-0.2, -0.15) is 5.10 Å². The molecule has 0 N–H and O–H groups in total. The van der Waals surface area contributed by atoms with Gasteiger partial charge in [-0.3, -0.25) is 19.8 Å². The summed E-state index contributed by atoms with van der Waals surface area (Å²) in [6.07, 6.45) is 4.29. The van der Waals surface area contributed by atoms with Crippen LogP contribution in [0.15, 0.2) is 91.0 Å². The van der Waals surface area contributed by atoms with Crippen molar-refractivity contribution in [2.24, 2.45) is 0 Å². The molecular weight excluding hydrogens is 478 g/mol. The lowest BCUT2D eigenvalue weighted by molar-refractivity contribution is -0.384. The van der Waals surface area contributed by atoms with E-state index in [1.807, 2.05) is 54.3 Å². The Balaban J connectivity index is 1.34. The summed E-state index contributed by atoms with van der Waals surface area (Å²) in [6, 6.07) is 26.1. The van der Waals surface area contributed by atoms with Crippen LogP contribution in [0.1, 0.15) is 21.6 Å². The molecule has 1 saturated heterocycles. The van der Waals surface area contributed by atoms with Crippen LogP contribution in [0.5, 0.6) is 0 Å². The number of benzene rings is 3. The fourth-order valence-corrected chi connectivity index (χ4v) is 4.58. The first-order chi connectivity index (χ1) is 18.5. The molecule has 2 heterocycles. The number of aryl methyl sites for hydroxylation is 1. The molecule has 192 valence electrons. The predicted octanol–water partition coefficient (Wildman–Crippen LogP) is 5.23. The lowest BCUT2D eigenvalue weighted by Crippen LogP contribution is -2.49. The summed E-state index contributed by atoms with van der Waals surface area (Å²) in [5.41, 5.74) is 4.83. The van der Waals surface area contributed by atoms with Crippen molar-refractivity contribution in [2.75, 3.05) is 32.7 Å². The monoisotopic (exact) mass is 507 g/mol. The van der Waals surface area contributed by atoms with Crippen molar-refractivity contribution in [3.63, 3.8) is 0 Å². The van der Waals surface area contributed by atoms with E-state index in [4.69, 9.17) is 5.10 Å². The van der Waals surface area contributed by atoms with Crippen LogP contribution in [-0.4, -0.2) is 63.1 Å². The molecule has 4 aromatic rings. The van der Waals surface area contributed by atoms with Crippen molar-refractivity contribution in [2.45, 2.75) is 6.92 Å². The quantitative estimate of drug-likeness (QED) is 0.253. The van der Waals surface area contributed by atoms with Crippen molar-refractivity contribution in [1.29, 1.82) is 0 Å². The van der Waals surface area contributed by atoms with Gasteiger partial charge < -0.3 is 4.90 Å². The second-order valence-electron chi connectivity index (χ2n) is 9.38. The highest BCUT2D eigenvalue weighted by Crippen LogP contribution is 2.25. The number of carbonyl (C=O) groups is 1. The minimum Gasteiger partial charge on any atom is -0.335 e. The van der Waals surface area contributed by atoms with Gasteiger partial charge in [0.1, 0.15) is 5.69 Å². The lowest BCUT2D eigenvalue weighted by atomic mass is 10.1. The van der Waals surface area contributed by atoms with Crippen LogP contribution in [0.3, 0.4) is 0 Å². The molecule has 1 aliphatic rings. The third kappa shape index (κ3) is 5.71. The van der Waals surface area contributed by atoms with Crippen LogP contribution < -0.4 is 0 Å². The summed E-state index contributed by atoms with van der Waals surface area (Å²) >= 11 is 0. The molecule has 3 aromatic carbocycles. The normalized spacial score (nSPS) is 14.2. The zero-order valence-electron chi connectivity index (χ0n) is 21.2. The maximum atomic E-state index is 13.7. The predicted molar refractivity (Wildman–Crippen MR) is 148 cm³/mol. The van der Waals surface area contributed by atoms with Crippen molar-refractivity contribution in [3.8, 4) is 16.9 Å². The average molecular weight is 508 g/mol. The Bertz CT molecular complexity index is 1450. The Hall–Kier alpha value is -4.56. The van der Waals surface area contributed by atoms with E-state index in [1.165, 1.54) is 17.7 Å². The van der Waals surface area contributed by atoms with Crippen molar-refractivity contribution in [3.05, 3.63) is 118 Å². The lowest BCUT2D eigenvalue weighted by Gasteiger charge is -2.34. The van der Waals surface area contributed by atoms with Gasteiger partial charge in [0.05, 0.1) is 16.3 Å². The molecule has 0 atom stereocenters. The Labute approximate surface area is 221 Å². The van der Waals surface area contributed by atoms with Gasteiger partial charge in [-0.05, 0) is 48.4 Å². The first kappa shape index (κ1) is 25.1. The third-order valence-electron chi connectivity index (χ3n) is 6.68. The third-order valence-corrected chi connectivity index (χ3v) is 6.68. The molecule has 0 radical (unpaired) electrons. The van der Waals surface area contributed by atoms with E-state index < -0.39 is 4.92 Å². The smallest absolute Gasteiger partial charge is 0.272 e. The molecule has 8 nitrogen and oxygen atoms in total. The number of aromatic nitrogens is 2. The number of amides is 1. The van der Waals surface area contributed by atoms with Crippen LogP contribution in [0.2, 0.25) is 0 Å². The molecule has 0 spiro atoms. The molecular formula is C30H29N5O3. The number of carbonyl (C=O) groups excluding carboxylic acids is 1. The number of nitro benzene ring substituents is 1. The minimum atomic E-state index is -0.429. The number of piperazine rings is 1. The topological polar surface area (TPSA) is 84.5 Å². The zero-order valence-corrected chi connectivity index (χ0v) is 21.2. The molecule has 38 heavy (non-hydrogen) atoms. The van der Waals surface area contributed by atoms with Gasteiger partial charge in [0.2, 0.25) is 0 Å². The SMILES string of the molecule is Cc1cccc(-n2nc(-c3ccc([N+](=O)[O-])cc3)cc2C(=O)N2CCN(C/C=C/c3ccccc3)CC2)c1. The highest BCUT2D eigenvalue weighted by Gasteiger charge is 2.26. The first-order valence-corrected chi connectivity index (χ1v) is 12.6. The summed E-state index contributed by atoms with van der Waals surface area (Å²) in [6.45, 7) is 5.67. The van der Waals surface area contributed by atoms with Gasteiger partial charge in [-0.1, -0.05) is 54.6 Å². The Morgan fingerprint density at radius 2 is 1.68 bits per heavy atom. The molecule has 1 fully saturated rings. The number of hydrogen-bond donors (Lipinski definition) is 0. The van der Waals surface area contributed by atoms with E-state index in [-0.39, 0.29) is 11.6 Å². The Morgan fingerprint density at radius 3 is 2.37 bits per heavy atom. The van der Waals surface area contributed by atoms with Gasteiger partial charge in [-0.15, -0.1) is 0 Å². The molecule has 1 amide bonds. The van der Waals surface area contributed by atoms with Crippen LogP contribution >= 0.6 is 0 Å². The van der Waals surface area contributed by atoms with Crippen molar-refractivity contribution < 1.29 is 9.72 Å². The Morgan fingerprint density at radius 1 is 0.947 bits per heavy atom. The molecule has 0 bridgehead atoms. The van der Waals surface area contributed by atoms with Gasteiger partial charge in [0, 0.05) is 50.4 Å². The summed E-state index contributed by atoms with van der Waals surface area (Å²) in [5.74, 6) is -0.0772. The number of nitrogens with zero attached hydrogens (tertiary/aromatic N) is 5. The van der Waals surface area contributed by atoms with E-state index in [9.17, 15) is 14.9 Å². The highest BCUT2D eigenvalue weighted by atomic mass is 16.6. The second kappa shape index (κ2) is 11.2. The maximum Gasteiger partial charge on any atom is 0.272 e. The number of hydrogen-bond acceptors (Lipinski definition) is 5. The van der Waals surface area contributed by atoms with Crippen molar-refractivity contribution >= 4 is 17.7 Å². The molecule has 5 rings (SSSR count). The Kier molecular flexibility index (Phi) is 7.42. The van der Waals surface area contributed by atoms with E-state index >= 15 is 0 Å². The summed E-state index contributed by atoms with van der Waals surface area (Å²) < 4.78 is 1.68. The second-order valence-corrected chi connectivity index (χ2v) is 9.38. The van der Waals surface area contributed by atoms with Gasteiger partial charge in [0.15, 0.2) is 0 Å². The standard InChI is InChI=1S/C30H29N5O3/c1-23-7-5-11-27(21-23)34-29(22-28(31-34)25-12-14-26(15-13-25)35(37)38)30(36)33-19-17-32(18-20-33)16-6-10-24-8-3-2-4-9-24/h2-15,21-22H,16-20H2,1H3/b10-6+. The molecule has 8 heteroatoms. The van der Waals surface area contributed by atoms with E-state index in [2.05, 4.69) is 29.2 Å². The van der Waals surface area contributed by atoms with Crippen LogP contribution in [0, 0.1) is 17.0 Å². The van der Waals surface area contributed by atoms with Crippen LogP contribution in [0.25, 0.3) is 23.0 Å². The highest BCUT2D eigenvalue weighted by molar-refractivity contribution is 5.94. The maximum absolute atomic E-state index is 13.7. The molecule has 0 aliphatic carbocycles. The number of rotatable bonds is 7. The van der Waals surface area contributed by atoms with E-state index in [0.717, 1.165) is 30.9 Å². The fourth-order valence-electron chi connectivity index (χ4n) is 4.58. The number of non-ortho nitro benzene ring substituents is 1.